The van der Waals surface area contributed by atoms with E-state index < -0.39 is 17.7 Å². The molecule has 1 atom stereocenters. The van der Waals surface area contributed by atoms with Crippen LogP contribution in [-0.4, -0.2) is 5.11 Å². The van der Waals surface area contributed by atoms with Gasteiger partial charge >= 0.3 is 0 Å². The van der Waals surface area contributed by atoms with E-state index in [2.05, 4.69) is 0 Å². The van der Waals surface area contributed by atoms with Crippen LogP contribution in [0.1, 0.15) is 22.1 Å². The molecule has 1 nitrogen and oxygen atoms in total. The number of hydrogen-bond acceptors (Lipinski definition) is 2. The molecule has 2 aromatic carbocycles. The molecule has 1 aromatic heterocycles. The summed E-state index contributed by atoms with van der Waals surface area (Å²) in [6, 6.07) is 7.96. The monoisotopic (exact) mass is 308 g/mol. The van der Waals surface area contributed by atoms with Crippen LogP contribution in [0.2, 0.25) is 0 Å². The number of aliphatic hydroxyl groups excluding tert-OH is 1. The number of aliphatic hydroxyl groups is 1. The summed E-state index contributed by atoms with van der Waals surface area (Å²) < 4.78 is 41.3. The Morgan fingerprint density at radius 3 is 2.52 bits per heavy atom. The van der Waals surface area contributed by atoms with E-state index in [9.17, 15) is 18.3 Å². The number of aryl methyl sites for hydroxylation is 1. The highest BCUT2D eigenvalue weighted by atomic mass is 32.1. The first kappa shape index (κ1) is 14.1. The quantitative estimate of drug-likeness (QED) is 0.727. The average Bonchev–Trinajstić information content (AvgIpc) is 2.85. The highest BCUT2D eigenvalue weighted by molar-refractivity contribution is 7.19. The smallest absolute Gasteiger partial charge is 0.129 e. The Labute approximate surface area is 123 Å². The van der Waals surface area contributed by atoms with Crippen LogP contribution in [0.3, 0.4) is 0 Å². The first-order valence-corrected chi connectivity index (χ1v) is 7.10. The molecule has 0 spiro atoms. The number of fused-ring (bicyclic) bond motifs is 1. The summed E-state index contributed by atoms with van der Waals surface area (Å²) in [7, 11) is 0. The molecule has 0 saturated carbocycles. The SMILES string of the molecule is Cc1cc(F)c(C(O)c2cc3ccc(F)cc3s2)cc1F. The zero-order valence-electron chi connectivity index (χ0n) is 11.0. The fourth-order valence-corrected chi connectivity index (χ4v) is 3.28. The molecule has 0 amide bonds. The third kappa shape index (κ3) is 2.54. The van der Waals surface area contributed by atoms with Gasteiger partial charge < -0.3 is 5.11 Å². The first-order valence-electron chi connectivity index (χ1n) is 6.28. The number of benzene rings is 2. The van der Waals surface area contributed by atoms with Gasteiger partial charge in [0.15, 0.2) is 0 Å². The van der Waals surface area contributed by atoms with Crippen molar-refractivity contribution in [1.82, 2.24) is 0 Å². The summed E-state index contributed by atoms with van der Waals surface area (Å²) in [5, 5.41) is 11.0. The molecule has 1 unspecified atom stereocenters. The summed E-state index contributed by atoms with van der Waals surface area (Å²) in [6.45, 7) is 1.46. The largest absolute Gasteiger partial charge is 0.383 e. The van der Waals surface area contributed by atoms with E-state index in [1.54, 1.807) is 12.1 Å². The Hall–Kier alpha value is -1.85. The van der Waals surface area contributed by atoms with Gasteiger partial charge in [-0.2, -0.15) is 0 Å². The Kier molecular flexibility index (Phi) is 3.47. The van der Waals surface area contributed by atoms with E-state index in [0.717, 1.165) is 28.9 Å². The Balaban J connectivity index is 2.07. The number of thiophene rings is 1. The van der Waals surface area contributed by atoms with Crippen molar-refractivity contribution < 1.29 is 18.3 Å². The molecule has 0 saturated heterocycles. The molecule has 1 N–H and O–H groups in total. The van der Waals surface area contributed by atoms with Gasteiger partial charge in [0.25, 0.3) is 0 Å². The summed E-state index contributed by atoms with van der Waals surface area (Å²) >= 11 is 1.15. The fraction of sp³-hybridized carbons (Fsp3) is 0.125. The van der Waals surface area contributed by atoms with Gasteiger partial charge in [-0.05, 0) is 48.2 Å². The maximum absolute atomic E-state index is 13.9. The van der Waals surface area contributed by atoms with Gasteiger partial charge in [-0.25, -0.2) is 13.2 Å². The van der Waals surface area contributed by atoms with E-state index in [1.165, 1.54) is 19.1 Å². The number of halogens is 3. The lowest BCUT2D eigenvalue weighted by molar-refractivity contribution is 0.218. The maximum atomic E-state index is 13.9. The minimum Gasteiger partial charge on any atom is -0.383 e. The summed E-state index contributed by atoms with van der Waals surface area (Å²) in [5.74, 6) is -1.61. The van der Waals surface area contributed by atoms with Gasteiger partial charge in [0.1, 0.15) is 23.6 Å². The van der Waals surface area contributed by atoms with Gasteiger partial charge in [-0.15, -0.1) is 11.3 Å². The molecule has 3 rings (SSSR count). The molecule has 0 aliphatic rings. The van der Waals surface area contributed by atoms with Crippen molar-refractivity contribution in [2.75, 3.05) is 0 Å². The molecule has 3 aromatic rings. The van der Waals surface area contributed by atoms with Crippen LogP contribution in [0.25, 0.3) is 10.1 Å². The Morgan fingerprint density at radius 2 is 1.76 bits per heavy atom. The van der Waals surface area contributed by atoms with Crippen molar-refractivity contribution in [3.63, 3.8) is 0 Å². The highest BCUT2D eigenvalue weighted by Crippen LogP contribution is 2.34. The van der Waals surface area contributed by atoms with Crippen LogP contribution >= 0.6 is 11.3 Å². The van der Waals surface area contributed by atoms with Crippen LogP contribution in [0.5, 0.6) is 0 Å². The zero-order chi connectivity index (χ0) is 15.1. The van der Waals surface area contributed by atoms with Crippen LogP contribution < -0.4 is 0 Å². The van der Waals surface area contributed by atoms with Gasteiger partial charge in [0.05, 0.1) is 0 Å². The highest BCUT2D eigenvalue weighted by Gasteiger charge is 2.19. The summed E-state index contributed by atoms with van der Waals surface area (Å²) in [4.78, 5) is 0.442. The first-order chi connectivity index (χ1) is 9.95. The van der Waals surface area contributed by atoms with E-state index >= 15 is 0 Å². The van der Waals surface area contributed by atoms with E-state index in [0.29, 0.717) is 9.58 Å². The topological polar surface area (TPSA) is 20.2 Å². The molecule has 108 valence electrons. The van der Waals surface area contributed by atoms with Crippen LogP contribution in [0.15, 0.2) is 36.4 Å². The third-order valence-corrected chi connectivity index (χ3v) is 4.49. The molecule has 21 heavy (non-hydrogen) atoms. The Morgan fingerprint density at radius 1 is 1.00 bits per heavy atom. The normalized spacial score (nSPS) is 12.8. The molecule has 0 bridgehead atoms. The van der Waals surface area contributed by atoms with E-state index in [-0.39, 0.29) is 16.9 Å². The number of rotatable bonds is 2. The maximum Gasteiger partial charge on any atom is 0.129 e. The second-order valence-electron chi connectivity index (χ2n) is 4.86. The van der Waals surface area contributed by atoms with Crippen molar-refractivity contribution in [3.8, 4) is 0 Å². The van der Waals surface area contributed by atoms with Gasteiger partial charge in [-0.1, -0.05) is 6.07 Å². The molecule has 0 radical (unpaired) electrons. The molecular formula is C16H11F3OS. The lowest BCUT2D eigenvalue weighted by atomic mass is 10.0. The second-order valence-corrected chi connectivity index (χ2v) is 5.97. The predicted octanol–water partition coefficient (Wildman–Crippen LogP) is 4.71. The standard InChI is InChI=1S/C16H11F3OS/c1-8-4-13(19)11(7-12(8)18)16(20)15-5-9-2-3-10(17)6-14(9)21-15/h2-7,16,20H,1H3. The van der Waals surface area contributed by atoms with Crippen molar-refractivity contribution >= 4 is 21.4 Å². The van der Waals surface area contributed by atoms with Crippen LogP contribution in [0, 0.1) is 24.4 Å². The zero-order valence-corrected chi connectivity index (χ0v) is 11.8. The minimum atomic E-state index is -1.28. The van der Waals surface area contributed by atoms with Gasteiger partial charge in [0, 0.05) is 15.1 Å². The van der Waals surface area contributed by atoms with Crippen molar-refractivity contribution in [2.24, 2.45) is 0 Å². The third-order valence-electron chi connectivity index (χ3n) is 3.34. The van der Waals surface area contributed by atoms with Crippen molar-refractivity contribution in [1.29, 1.82) is 0 Å². The van der Waals surface area contributed by atoms with E-state index in [4.69, 9.17) is 0 Å². The molecule has 1 heterocycles. The van der Waals surface area contributed by atoms with Crippen LogP contribution in [-0.2, 0) is 0 Å². The fourth-order valence-electron chi connectivity index (χ4n) is 2.18. The molecular weight excluding hydrogens is 297 g/mol. The van der Waals surface area contributed by atoms with Crippen molar-refractivity contribution in [3.05, 3.63) is 69.9 Å². The minimum absolute atomic E-state index is 0.120. The lowest BCUT2D eigenvalue weighted by Crippen LogP contribution is -2.02. The Bertz CT molecular complexity index is 826. The predicted molar refractivity (Wildman–Crippen MR) is 76.9 cm³/mol. The molecule has 0 aliphatic carbocycles. The van der Waals surface area contributed by atoms with Gasteiger partial charge in [0.2, 0.25) is 0 Å². The lowest BCUT2D eigenvalue weighted by Gasteiger charge is -2.11. The van der Waals surface area contributed by atoms with Crippen molar-refractivity contribution in [2.45, 2.75) is 13.0 Å². The van der Waals surface area contributed by atoms with E-state index in [1.807, 2.05) is 0 Å². The molecule has 5 heteroatoms. The second kappa shape index (κ2) is 5.16. The summed E-state index contributed by atoms with van der Waals surface area (Å²) in [6.07, 6.45) is -1.28. The number of hydrogen-bond donors (Lipinski definition) is 1. The van der Waals surface area contributed by atoms with Crippen LogP contribution in [0.4, 0.5) is 13.2 Å². The summed E-state index contributed by atoms with van der Waals surface area (Å²) in [5.41, 5.74) is 0.0620. The molecule has 0 fully saturated rings. The van der Waals surface area contributed by atoms with Gasteiger partial charge in [-0.3, -0.25) is 0 Å². The molecule has 0 aliphatic heterocycles. The average molecular weight is 308 g/mol.